The predicted octanol–water partition coefficient (Wildman–Crippen LogP) is 3.81. The van der Waals surface area contributed by atoms with Crippen molar-refractivity contribution in [1.82, 2.24) is 0 Å². The van der Waals surface area contributed by atoms with E-state index in [-0.39, 0.29) is 34.8 Å². The molecule has 0 bridgehead atoms. The lowest BCUT2D eigenvalue weighted by molar-refractivity contribution is -0.111. The highest BCUT2D eigenvalue weighted by Crippen LogP contribution is 2.28. The van der Waals surface area contributed by atoms with Crippen LogP contribution in [0, 0.1) is 6.92 Å². The Bertz CT molecular complexity index is 947. The number of nitrogens with two attached hydrogens (primary N) is 1. The number of hydrogen-bond donors (Lipinski definition) is 2. The van der Waals surface area contributed by atoms with Crippen LogP contribution in [0.2, 0.25) is 0 Å². The number of esters is 1. The maximum Gasteiger partial charge on any atom is 0.342 e. The maximum absolute atomic E-state index is 12.3. The van der Waals surface area contributed by atoms with Gasteiger partial charge in [-0.25, -0.2) is 4.79 Å². The van der Waals surface area contributed by atoms with Gasteiger partial charge < -0.3 is 14.9 Å². The highest BCUT2D eigenvalue weighted by molar-refractivity contribution is 6.12. The molecule has 7 nitrogen and oxygen atoms in total. The van der Waals surface area contributed by atoms with Gasteiger partial charge in [-0.3, -0.25) is 14.9 Å². The first-order valence-corrected chi connectivity index (χ1v) is 9.24. The van der Waals surface area contributed by atoms with E-state index in [0.29, 0.717) is 0 Å². The average molecular weight is 398 g/mol. The van der Waals surface area contributed by atoms with Gasteiger partial charge in [0.25, 0.3) is 11.8 Å². The van der Waals surface area contributed by atoms with Gasteiger partial charge in [0, 0.05) is 6.08 Å². The first kappa shape index (κ1) is 21.9. The Kier molecular flexibility index (Phi) is 6.64. The molecule has 1 heterocycles. The van der Waals surface area contributed by atoms with Crippen LogP contribution in [-0.4, -0.2) is 24.4 Å². The molecular formula is C22H26N2O5. The van der Waals surface area contributed by atoms with E-state index in [9.17, 15) is 14.4 Å². The van der Waals surface area contributed by atoms with Crippen molar-refractivity contribution in [3.63, 3.8) is 0 Å². The molecule has 2 rings (SSSR count). The van der Waals surface area contributed by atoms with Crippen molar-refractivity contribution in [3.05, 3.63) is 58.4 Å². The fourth-order valence-electron chi connectivity index (χ4n) is 2.74. The quantitative estimate of drug-likeness (QED) is 0.568. The number of benzene rings is 1. The number of carbonyl (C=O) groups is 3. The summed E-state index contributed by atoms with van der Waals surface area (Å²) in [5.41, 5.74) is 7.14. The molecular weight excluding hydrogens is 372 g/mol. The van der Waals surface area contributed by atoms with Crippen LogP contribution in [0.3, 0.4) is 0 Å². The molecule has 1 aromatic heterocycles. The monoisotopic (exact) mass is 398 g/mol. The fourth-order valence-corrected chi connectivity index (χ4v) is 2.74. The van der Waals surface area contributed by atoms with Crippen LogP contribution in [0.1, 0.15) is 65.3 Å². The SMILES string of the molecule is CCOC(=O)c1c(C)oc(NC(=O)/C=C/c2ccc(C(C)(C)C)cc2)c1C(N)=O. The molecule has 0 radical (unpaired) electrons. The Morgan fingerprint density at radius 1 is 1.14 bits per heavy atom. The minimum absolute atomic E-state index is 0.0402. The molecule has 2 aromatic rings. The number of amides is 2. The van der Waals surface area contributed by atoms with Crippen molar-refractivity contribution in [2.75, 3.05) is 11.9 Å². The van der Waals surface area contributed by atoms with Crippen LogP contribution >= 0.6 is 0 Å². The molecule has 3 N–H and O–H groups in total. The van der Waals surface area contributed by atoms with Gasteiger partial charge >= 0.3 is 5.97 Å². The Hall–Kier alpha value is -3.35. The van der Waals surface area contributed by atoms with Crippen LogP contribution in [0.5, 0.6) is 0 Å². The third kappa shape index (κ3) is 5.34. The highest BCUT2D eigenvalue weighted by Gasteiger charge is 2.28. The van der Waals surface area contributed by atoms with E-state index in [1.165, 1.54) is 18.6 Å². The third-order valence-electron chi connectivity index (χ3n) is 4.25. The molecule has 7 heteroatoms. The number of nitrogens with one attached hydrogen (secondary N) is 1. The lowest BCUT2D eigenvalue weighted by atomic mass is 9.87. The largest absolute Gasteiger partial charge is 0.462 e. The summed E-state index contributed by atoms with van der Waals surface area (Å²) in [5.74, 6) is -2.22. The summed E-state index contributed by atoms with van der Waals surface area (Å²) in [7, 11) is 0. The zero-order valence-electron chi connectivity index (χ0n) is 17.3. The molecule has 0 saturated heterocycles. The second-order valence-electron chi connectivity index (χ2n) is 7.52. The molecule has 0 atom stereocenters. The lowest BCUT2D eigenvalue weighted by Gasteiger charge is -2.18. The summed E-state index contributed by atoms with van der Waals surface area (Å²) in [6.07, 6.45) is 2.94. The zero-order chi connectivity index (χ0) is 21.8. The van der Waals surface area contributed by atoms with E-state index in [1.807, 2.05) is 24.3 Å². The van der Waals surface area contributed by atoms with E-state index in [4.69, 9.17) is 14.9 Å². The number of aryl methyl sites for hydroxylation is 1. The van der Waals surface area contributed by atoms with E-state index < -0.39 is 17.8 Å². The van der Waals surface area contributed by atoms with E-state index in [1.54, 1.807) is 13.0 Å². The van der Waals surface area contributed by atoms with Gasteiger partial charge in [-0.05, 0) is 36.5 Å². The minimum atomic E-state index is -0.901. The topological polar surface area (TPSA) is 112 Å². The van der Waals surface area contributed by atoms with Crippen LogP contribution < -0.4 is 11.1 Å². The molecule has 1 aromatic carbocycles. The van der Waals surface area contributed by atoms with Crippen LogP contribution in [0.25, 0.3) is 6.08 Å². The van der Waals surface area contributed by atoms with E-state index >= 15 is 0 Å². The summed E-state index contributed by atoms with van der Waals surface area (Å²) in [4.78, 5) is 36.2. The standard InChI is InChI=1S/C22H26N2O5/c1-6-28-21(27)17-13(2)29-20(18(17)19(23)26)24-16(25)12-9-14-7-10-15(11-8-14)22(3,4)5/h7-12H,6H2,1-5H3,(H2,23,26)(H,24,25)/b12-9+. The highest BCUT2D eigenvalue weighted by atomic mass is 16.5. The second kappa shape index (κ2) is 8.77. The summed E-state index contributed by atoms with van der Waals surface area (Å²) in [6.45, 7) is 9.62. The van der Waals surface area contributed by atoms with Gasteiger partial charge in [-0.2, -0.15) is 0 Å². The Labute approximate surface area is 169 Å². The van der Waals surface area contributed by atoms with Crippen LogP contribution in [0.15, 0.2) is 34.8 Å². The van der Waals surface area contributed by atoms with Crippen molar-refractivity contribution in [3.8, 4) is 0 Å². The molecule has 0 aliphatic heterocycles. The molecule has 0 aliphatic carbocycles. The Morgan fingerprint density at radius 2 is 1.76 bits per heavy atom. The third-order valence-corrected chi connectivity index (χ3v) is 4.25. The van der Waals surface area contributed by atoms with Gasteiger partial charge in [-0.15, -0.1) is 0 Å². The smallest absolute Gasteiger partial charge is 0.342 e. The normalized spacial score (nSPS) is 11.5. The summed E-state index contributed by atoms with van der Waals surface area (Å²) >= 11 is 0. The number of furan rings is 1. The van der Waals surface area contributed by atoms with E-state index in [2.05, 4.69) is 26.1 Å². The molecule has 29 heavy (non-hydrogen) atoms. The second-order valence-corrected chi connectivity index (χ2v) is 7.52. The molecule has 2 amide bonds. The summed E-state index contributed by atoms with van der Waals surface area (Å²) in [5, 5.41) is 2.45. The van der Waals surface area contributed by atoms with Crippen molar-refractivity contribution in [1.29, 1.82) is 0 Å². The number of primary amides is 1. The van der Waals surface area contributed by atoms with Gasteiger partial charge in [-0.1, -0.05) is 45.0 Å². The average Bonchev–Trinajstić information content (AvgIpc) is 2.95. The molecule has 0 fully saturated rings. The molecule has 0 unspecified atom stereocenters. The summed E-state index contributed by atoms with van der Waals surface area (Å²) < 4.78 is 10.3. The number of anilines is 1. The predicted molar refractivity (Wildman–Crippen MR) is 111 cm³/mol. The van der Waals surface area contributed by atoms with Gasteiger partial charge in [0.05, 0.1) is 6.61 Å². The van der Waals surface area contributed by atoms with Crippen molar-refractivity contribution < 1.29 is 23.5 Å². The van der Waals surface area contributed by atoms with Gasteiger partial charge in [0.1, 0.15) is 16.9 Å². The van der Waals surface area contributed by atoms with Gasteiger partial charge in [0.15, 0.2) is 0 Å². The van der Waals surface area contributed by atoms with Crippen molar-refractivity contribution >= 4 is 29.7 Å². The van der Waals surface area contributed by atoms with Gasteiger partial charge in [0.2, 0.25) is 5.88 Å². The van der Waals surface area contributed by atoms with Crippen LogP contribution in [-0.2, 0) is 14.9 Å². The van der Waals surface area contributed by atoms with Crippen LogP contribution in [0.4, 0.5) is 5.88 Å². The first-order valence-electron chi connectivity index (χ1n) is 9.24. The molecule has 0 spiro atoms. The Balaban J connectivity index is 2.20. The number of rotatable bonds is 6. The fraction of sp³-hybridized carbons (Fsp3) is 0.318. The summed E-state index contributed by atoms with van der Waals surface area (Å²) in [6, 6.07) is 7.83. The van der Waals surface area contributed by atoms with Crippen molar-refractivity contribution in [2.24, 2.45) is 5.73 Å². The zero-order valence-corrected chi connectivity index (χ0v) is 17.3. The van der Waals surface area contributed by atoms with Crippen molar-refractivity contribution in [2.45, 2.75) is 40.0 Å². The molecule has 0 saturated carbocycles. The lowest BCUT2D eigenvalue weighted by Crippen LogP contribution is -2.19. The van der Waals surface area contributed by atoms with E-state index in [0.717, 1.165) is 5.56 Å². The molecule has 0 aliphatic rings. The molecule has 154 valence electrons. The maximum atomic E-state index is 12.3. The Morgan fingerprint density at radius 3 is 2.28 bits per heavy atom. The number of ether oxygens (including phenoxy) is 1. The number of hydrogen-bond acceptors (Lipinski definition) is 5. The first-order chi connectivity index (χ1) is 13.5. The minimum Gasteiger partial charge on any atom is -0.462 e. The number of carbonyl (C=O) groups excluding carboxylic acids is 3.